The first-order chi connectivity index (χ1) is 7.02. The molecule has 0 aliphatic heterocycles. The van der Waals surface area contributed by atoms with Gasteiger partial charge in [-0.25, -0.2) is 4.39 Å². The lowest BCUT2D eigenvalue weighted by Gasteiger charge is -2.08. The first kappa shape index (κ1) is 11.5. The number of phenols is 1. The first-order valence-electron chi connectivity index (χ1n) is 4.46. The topological polar surface area (TPSA) is 69.6 Å². The lowest BCUT2D eigenvalue weighted by molar-refractivity contribution is 0.0917. The Balaban J connectivity index is 2.82. The lowest BCUT2D eigenvalue weighted by Crippen LogP contribution is -2.31. The smallest absolute Gasteiger partial charge is 0.258 e. The number of carbonyl (C=O) groups is 1. The molecule has 0 bridgehead atoms. The van der Waals surface area contributed by atoms with E-state index in [-0.39, 0.29) is 6.54 Å². The Morgan fingerprint density at radius 1 is 1.60 bits per heavy atom. The van der Waals surface area contributed by atoms with Crippen molar-refractivity contribution in [3.63, 3.8) is 0 Å². The van der Waals surface area contributed by atoms with E-state index in [4.69, 9.17) is 5.11 Å². The molecule has 0 aliphatic rings. The molecule has 0 spiro atoms. The van der Waals surface area contributed by atoms with Crippen molar-refractivity contribution in [3.05, 3.63) is 29.6 Å². The predicted octanol–water partition coefficient (Wildman–Crippen LogP) is 0.642. The van der Waals surface area contributed by atoms with E-state index in [1.165, 1.54) is 19.1 Å². The van der Waals surface area contributed by atoms with Gasteiger partial charge in [-0.15, -0.1) is 0 Å². The number of carbonyl (C=O) groups excluding carboxylic acids is 1. The van der Waals surface area contributed by atoms with Crippen molar-refractivity contribution in [1.29, 1.82) is 0 Å². The molecule has 0 aromatic heterocycles. The van der Waals surface area contributed by atoms with Crippen LogP contribution in [-0.4, -0.2) is 28.8 Å². The minimum absolute atomic E-state index is 0.00656. The molecule has 0 radical (unpaired) electrons. The second-order valence-corrected chi connectivity index (χ2v) is 3.19. The van der Waals surface area contributed by atoms with Crippen molar-refractivity contribution in [2.75, 3.05) is 6.54 Å². The van der Waals surface area contributed by atoms with Gasteiger partial charge in [-0.05, 0) is 19.1 Å². The van der Waals surface area contributed by atoms with Crippen LogP contribution in [0.5, 0.6) is 5.75 Å². The fourth-order valence-electron chi connectivity index (χ4n) is 1.07. The van der Waals surface area contributed by atoms with E-state index in [1.807, 2.05) is 0 Å². The monoisotopic (exact) mass is 213 g/mol. The summed E-state index contributed by atoms with van der Waals surface area (Å²) in [7, 11) is 0. The fraction of sp³-hybridized carbons (Fsp3) is 0.300. The lowest BCUT2D eigenvalue weighted by atomic mass is 10.1. The zero-order valence-corrected chi connectivity index (χ0v) is 8.20. The molecule has 1 amide bonds. The van der Waals surface area contributed by atoms with Gasteiger partial charge in [0.15, 0.2) is 0 Å². The minimum atomic E-state index is -0.793. The molecule has 1 aromatic rings. The van der Waals surface area contributed by atoms with Gasteiger partial charge in [-0.2, -0.15) is 0 Å². The third-order valence-electron chi connectivity index (χ3n) is 1.78. The highest BCUT2D eigenvalue weighted by molar-refractivity contribution is 5.97. The largest absolute Gasteiger partial charge is 0.507 e. The standard InChI is InChI=1S/C10H12FNO3/c1-6(13)5-12-10(15)9-7(11)3-2-4-8(9)14/h2-4,6,13-14H,5H2,1H3,(H,12,15)/t6-/m1/s1. The molecular weight excluding hydrogens is 201 g/mol. The maximum absolute atomic E-state index is 13.1. The number of benzene rings is 1. The number of amides is 1. The van der Waals surface area contributed by atoms with Crippen LogP contribution < -0.4 is 5.32 Å². The number of hydrogen-bond donors (Lipinski definition) is 3. The molecule has 0 unspecified atom stereocenters. The summed E-state index contributed by atoms with van der Waals surface area (Å²) in [5, 5.41) is 20.5. The van der Waals surface area contributed by atoms with E-state index in [1.54, 1.807) is 0 Å². The Bertz CT molecular complexity index is 345. The van der Waals surface area contributed by atoms with E-state index in [0.717, 1.165) is 6.07 Å². The van der Waals surface area contributed by atoms with Crippen molar-refractivity contribution in [3.8, 4) is 5.75 Å². The van der Waals surface area contributed by atoms with Crippen LogP contribution in [0.15, 0.2) is 18.2 Å². The second kappa shape index (κ2) is 4.75. The summed E-state index contributed by atoms with van der Waals surface area (Å²) in [6.07, 6.45) is -0.720. The summed E-state index contributed by atoms with van der Waals surface area (Å²) in [4.78, 5) is 11.4. The maximum atomic E-state index is 13.1. The average Bonchev–Trinajstić information content (AvgIpc) is 2.14. The van der Waals surface area contributed by atoms with Crippen LogP contribution in [0.25, 0.3) is 0 Å². The van der Waals surface area contributed by atoms with Crippen molar-refractivity contribution in [1.82, 2.24) is 5.32 Å². The van der Waals surface area contributed by atoms with Crippen molar-refractivity contribution in [2.24, 2.45) is 0 Å². The van der Waals surface area contributed by atoms with Crippen LogP contribution in [0, 0.1) is 5.82 Å². The number of halogens is 1. The van der Waals surface area contributed by atoms with Gasteiger partial charge in [0.05, 0.1) is 6.10 Å². The van der Waals surface area contributed by atoms with Crippen molar-refractivity contribution >= 4 is 5.91 Å². The Morgan fingerprint density at radius 3 is 2.80 bits per heavy atom. The van der Waals surface area contributed by atoms with Crippen LogP contribution in [0.3, 0.4) is 0 Å². The minimum Gasteiger partial charge on any atom is -0.507 e. The van der Waals surface area contributed by atoms with E-state index in [9.17, 15) is 14.3 Å². The quantitative estimate of drug-likeness (QED) is 0.690. The fourth-order valence-corrected chi connectivity index (χ4v) is 1.07. The Kier molecular flexibility index (Phi) is 3.62. The summed E-state index contributed by atoms with van der Waals surface area (Å²) in [6, 6.07) is 3.60. The van der Waals surface area contributed by atoms with Gasteiger partial charge in [-0.1, -0.05) is 6.07 Å². The molecule has 1 aromatic carbocycles. The highest BCUT2D eigenvalue weighted by atomic mass is 19.1. The Labute approximate surface area is 86.4 Å². The molecule has 15 heavy (non-hydrogen) atoms. The normalized spacial score (nSPS) is 12.2. The van der Waals surface area contributed by atoms with Crippen LogP contribution in [0.1, 0.15) is 17.3 Å². The molecule has 0 fully saturated rings. The number of nitrogens with one attached hydrogen (secondary N) is 1. The number of rotatable bonds is 3. The van der Waals surface area contributed by atoms with Gasteiger partial charge in [0.25, 0.3) is 5.91 Å². The predicted molar refractivity (Wildman–Crippen MR) is 52.1 cm³/mol. The number of phenolic OH excluding ortho intramolecular Hbond substituents is 1. The Morgan fingerprint density at radius 2 is 2.27 bits per heavy atom. The highest BCUT2D eigenvalue weighted by Gasteiger charge is 2.16. The van der Waals surface area contributed by atoms with E-state index in [0.29, 0.717) is 0 Å². The summed E-state index contributed by atoms with van der Waals surface area (Å²) >= 11 is 0. The SMILES string of the molecule is C[C@@H](O)CNC(=O)c1c(O)cccc1F. The number of aliphatic hydroxyl groups is 1. The summed E-state index contributed by atoms with van der Waals surface area (Å²) in [5.41, 5.74) is -0.404. The highest BCUT2D eigenvalue weighted by Crippen LogP contribution is 2.19. The molecule has 3 N–H and O–H groups in total. The molecular formula is C10H12FNO3. The van der Waals surface area contributed by atoms with Crippen molar-refractivity contribution < 1.29 is 19.4 Å². The van der Waals surface area contributed by atoms with Gasteiger partial charge in [0.2, 0.25) is 0 Å². The molecule has 0 saturated carbocycles. The van der Waals surface area contributed by atoms with Crippen LogP contribution in [-0.2, 0) is 0 Å². The van der Waals surface area contributed by atoms with Gasteiger partial charge >= 0.3 is 0 Å². The summed E-state index contributed by atoms with van der Waals surface area (Å²) in [6.45, 7) is 1.49. The number of hydrogen-bond acceptors (Lipinski definition) is 3. The molecule has 1 atom stereocenters. The van der Waals surface area contributed by atoms with Gasteiger partial charge in [0.1, 0.15) is 17.1 Å². The average molecular weight is 213 g/mol. The van der Waals surface area contributed by atoms with E-state index >= 15 is 0 Å². The van der Waals surface area contributed by atoms with Gasteiger partial charge in [-0.3, -0.25) is 4.79 Å². The number of aliphatic hydroxyl groups excluding tert-OH is 1. The number of aromatic hydroxyl groups is 1. The molecule has 4 nitrogen and oxygen atoms in total. The summed E-state index contributed by atoms with van der Waals surface area (Å²) in [5.74, 6) is -1.96. The second-order valence-electron chi connectivity index (χ2n) is 3.19. The zero-order chi connectivity index (χ0) is 11.4. The molecule has 82 valence electrons. The molecule has 0 saturated heterocycles. The maximum Gasteiger partial charge on any atom is 0.258 e. The molecule has 0 heterocycles. The zero-order valence-electron chi connectivity index (χ0n) is 8.20. The van der Waals surface area contributed by atoms with Gasteiger partial charge < -0.3 is 15.5 Å². The van der Waals surface area contributed by atoms with Gasteiger partial charge in [0, 0.05) is 6.54 Å². The molecule has 5 heteroatoms. The third-order valence-corrected chi connectivity index (χ3v) is 1.78. The summed E-state index contributed by atoms with van der Waals surface area (Å²) < 4.78 is 13.1. The van der Waals surface area contributed by atoms with E-state index < -0.39 is 29.1 Å². The Hall–Kier alpha value is -1.62. The van der Waals surface area contributed by atoms with Crippen LogP contribution in [0.4, 0.5) is 4.39 Å². The molecule has 1 rings (SSSR count). The molecule has 0 aliphatic carbocycles. The van der Waals surface area contributed by atoms with Crippen LogP contribution in [0.2, 0.25) is 0 Å². The van der Waals surface area contributed by atoms with E-state index in [2.05, 4.69) is 5.32 Å². The van der Waals surface area contributed by atoms with Crippen molar-refractivity contribution in [2.45, 2.75) is 13.0 Å². The third kappa shape index (κ3) is 2.92. The van der Waals surface area contributed by atoms with Crippen LogP contribution >= 0.6 is 0 Å². The first-order valence-corrected chi connectivity index (χ1v) is 4.46.